The number of carbonyl (C=O) groups is 2. The van der Waals surface area contributed by atoms with Gasteiger partial charge in [0.25, 0.3) is 0 Å². The van der Waals surface area contributed by atoms with Crippen LogP contribution in [0.1, 0.15) is 27.7 Å². The molecule has 2 aromatic carbocycles. The molecule has 0 aliphatic carbocycles. The van der Waals surface area contributed by atoms with Crippen LogP contribution in [0, 0.1) is 17.5 Å². The quantitative estimate of drug-likeness (QED) is 0.568. The molecule has 0 saturated heterocycles. The molecule has 10 heteroatoms. The average Bonchev–Trinajstić information content (AvgIpc) is 2.65. The number of hydrogen-bond donors (Lipinski definition) is 1. The Labute approximate surface area is 180 Å². The molecule has 0 radical (unpaired) electrons. The highest BCUT2D eigenvalue weighted by molar-refractivity contribution is 6.11. The number of nitrogens with two attached hydrogens (primary N) is 1. The molecule has 0 aliphatic rings. The second-order valence-electron chi connectivity index (χ2n) is 7.93. The van der Waals surface area contributed by atoms with Crippen LogP contribution >= 0.6 is 0 Å². The lowest BCUT2D eigenvalue weighted by molar-refractivity contribution is -0.116. The van der Waals surface area contributed by atoms with E-state index < -0.39 is 62.8 Å². The number of hydrogen-bond acceptors (Lipinski definition) is 6. The predicted octanol–water partition coefficient (Wildman–Crippen LogP) is 4.75. The third-order valence-electron chi connectivity index (χ3n) is 4.31. The van der Waals surface area contributed by atoms with Crippen molar-refractivity contribution in [2.45, 2.75) is 33.3 Å². The molecule has 32 heavy (non-hydrogen) atoms. The van der Waals surface area contributed by atoms with Gasteiger partial charge in [0.15, 0.2) is 16.8 Å². The summed E-state index contributed by atoms with van der Waals surface area (Å²) in [4.78, 5) is 37.3. The molecule has 1 heterocycles. The Morgan fingerprint density at radius 2 is 1.69 bits per heavy atom. The lowest BCUT2D eigenvalue weighted by atomic mass is 10.1. The minimum absolute atomic E-state index is 0.000220. The molecule has 0 saturated carbocycles. The van der Waals surface area contributed by atoms with Gasteiger partial charge in [-0.15, -0.1) is 0 Å². The second kappa shape index (κ2) is 8.03. The van der Waals surface area contributed by atoms with Crippen LogP contribution in [0.25, 0.3) is 22.3 Å². The lowest BCUT2D eigenvalue weighted by Gasteiger charge is -2.25. The van der Waals surface area contributed by atoms with Crippen LogP contribution in [0.3, 0.4) is 0 Å². The molecule has 0 bridgehead atoms. The fraction of sp³-hybridized carbons (Fsp3) is 0.227. The van der Waals surface area contributed by atoms with Crippen LogP contribution in [0.2, 0.25) is 0 Å². The van der Waals surface area contributed by atoms with Gasteiger partial charge in [-0.1, -0.05) is 0 Å². The van der Waals surface area contributed by atoms with Gasteiger partial charge in [0.05, 0.1) is 16.8 Å². The third kappa shape index (κ3) is 4.29. The van der Waals surface area contributed by atoms with E-state index >= 15 is 0 Å². The molecule has 2 N–H and O–H groups in total. The number of ether oxygens (including phenoxy) is 1. The second-order valence-corrected chi connectivity index (χ2v) is 7.93. The highest BCUT2D eigenvalue weighted by Gasteiger charge is 2.29. The van der Waals surface area contributed by atoms with Crippen molar-refractivity contribution in [1.82, 2.24) is 0 Å². The van der Waals surface area contributed by atoms with Crippen molar-refractivity contribution in [3.63, 3.8) is 0 Å². The number of carbonyl (C=O) groups excluding carboxylic acids is 2. The molecule has 7 nitrogen and oxygen atoms in total. The van der Waals surface area contributed by atoms with E-state index in [9.17, 15) is 27.6 Å². The summed E-state index contributed by atoms with van der Waals surface area (Å²) in [6.45, 7) is 5.82. The van der Waals surface area contributed by atoms with E-state index in [2.05, 4.69) is 0 Å². The number of anilines is 2. The molecule has 2 amide bonds. The summed E-state index contributed by atoms with van der Waals surface area (Å²) in [5.74, 6) is -4.30. The van der Waals surface area contributed by atoms with Gasteiger partial charge in [0.2, 0.25) is 5.91 Å². The maximum atomic E-state index is 14.9. The number of amides is 2. The van der Waals surface area contributed by atoms with Crippen molar-refractivity contribution in [1.29, 1.82) is 0 Å². The van der Waals surface area contributed by atoms with Gasteiger partial charge in [0, 0.05) is 24.6 Å². The van der Waals surface area contributed by atoms with Crippen molar-refractivity contribution in [2.75, 3.05) is 10.6 Å². The predicted molar refractivity (Wildman–Crippen MR) is 112 cm³/mol. The highest BCUT2D eigenvalue weighted by Crippen LogP contribution is 2.31. The molecule has 0 fully saturated rings. The van der Waals surface area contributed by atoms with E-state index in [4.69, 9.17) is 14.9 Å². The Morgan fingerprint density at radius 1 is 1.03 bits per heavy atom. The largest absolute Gasteiger partial charge is 0.453 e. The average molecular weight is 448 g/mol. The minimum atomic E-state index is -1.16. The van der Waals surface area contributed by atoms with E-state index in [0.717, 1.165) is 25.1 Å². The number of halogens is 3. The molecule has 0 atom stereocenters. The standard InChI is InChI=1S/C22H19F3N2O5/c1-10(28)27(21(30)32-22(2,3)4)15-6-5-11(7-12(15)23)17-9-16(29)18-19(26)13(24)8-14(25)20(18)31-17/h5-9H,26H2,1-4H3. The Balaban J connectivity index is 2.10. The van der Waals surface area contributed by atoms with Crippen LogP contribution in [0.5, 0.6) is 0 Å². The molecule has 1 aromatic heterocycles. The number of nitrogens with zero attached hydrogens (tertiary/aromatic N) is 1. The first kappa shape index (κ1) is 22.9. The van der Waals surface area contributed by atoms with Gasteiger partial charge in [-0.2, -0.15) is 0 Å². The van der Waals surface area contributed by atoms with Crippen LogP contribution in [0.4, 0.5) is 29.3 Å². The van der Waals surface area contributed by atoms with Crippen molar-refractivity contribution in [3.8, 4) is 11.3 Å². The zero-order valence-corrected chi connectivity index (χ0v) is 17.6. The molecule has 0 unspecified atom stereocenters. The van der Waals surface area contributed by atoms with E-state index in [-0.39, 0.29) is 11.3 Å². The summed E-state index contributed by atoms with van der Waals surface area (Å²) in [5, 5.41) is -0.476. The van der Waals surface area contributed by atoms with Crippen LogP contribution in [-0.4, -0.2) is 17.6 Å². The van der Waals surface area contributed by atoms with E-state index in [0.29, 0.717) is 11.0 Å². The van der Waals surface area contributed by atoms with Gasteiger partial charge in [-0.25, -0.2) is 22.9 Å². The first-order chi connectivity index (χ1) is 14.8. The summed E-state index contributed by atoms with van der Waals surface area (Å²) in [6.07, 6.45) is -1.08. The SMILES string of the molecule is CC(=O)N(C(=O)OC(C)(C)C)c1ccc(-c2cc(=O)c3c(N)c(F)cc(F)c3o2)cc1F. The zero-order chi connectivity index (χ0) is 24.0. The van der Waals surface area contributed by atoms with E-state index in [1.807, 2.05) is 0 Å². The number of nitrogen functional groups attached to an aromatic ring is 1. The van der Waals surface area contributed by atoms with Gasteiger partial charge in [-0.05, 0) is 39.0 Å². The Bertz CT molecular complexity index is 1310. The van der Waals surface area contributed by atoms with Gasteiger partial charge in [0.1, 0.15) is 23.0 Å². The summed E-state index contributed by atoms with van der Waals surface area (Å²) in [5.41, 5.74) is 2.20. The normalized spacial score (nSPS) is 11.5. The Kier molecular flexibility index (Phi) is 5.73. The van der Waals surface area contributed by atoms with Crippen LogP contribution in [0.15, 0.2) is 39.5 Å². The maximum absolute atomic E-state index is 14.9. The lowest BCUT2D eigenvalue weighted by Crippen LogP contribution is -2.40. The van der Waals surface area contributed by atoms with Crippen molar-refractivity contribution in [3.05, 3.63) is 58.0 Å². The van der Waals surface area contributed by atoms with Crippen LogP contribution < -0.4 is 16.1 Å². The van der Waals surface area contributed by atoms with E-state index in [1.54, 1.807) is 20.8 Å². The first-order valence-corrected chi connectivity index (χ1v) is 9.35. The van der Waals surface area contributed by atoms with Crippen molar-refractivity contribution in [2.24, 2.45) is 0 Å². The fourth-order valence-corrected chi connectivity index (χ4v) is 2.98. The van der Waals surface area contributed by atoms with Gasteiger partial charge < -0.3 is 14.9 Å². The Morgan fingerprint density at radius 3 is 2.25 bits per heavy atom. The minimum Gasteiger partial charge on any atom is -0.453 e. The number of rotatable bonds is 2. The first-order valence-electron chi connectivity index (χ1n) is 9.35. The molecule has 168 valence electrons. The third-order valence-corrected chi connectivity index (χ3v) is 4.31. The fourth-order valence-electron chi connectivity index (χ4n) is 2.98. The molecule has 3 aromatic rings. The summed E-state index contributed by atoms with van der Waals surface area (Å²) in [7, 11) is 0. The van der Waals surface area contributed by atoms with E-state index in [1.165, 1.54) is 6.07 Å². The van der Waals surface area contributed by atoms with Gasteiger partial charge >= 0.3 is 6.09 Å². The topological polar surface area (TPSA) is 103 Å². The van der Waals surface area contributed by atoms with Gasteiger partial charge in [-0.3, -0.25) is 9.59 Å². The molecule has 3 rings (SSSR count). The number of benzene rings is 2. The number of fused-ring (bicyclic) bond motifs is 1. The summed E-state index contributed by atoms with van der Waals surface area (Å²) < 4.78 is 53.2. The van der Waals surface area contributed by atoms with Crippen molar-refractivity contribution < 1.29 is 31.9 Å². The molecule has 0 spiro atoms. The van der Waals surface area contributed by atoms with Crippen molar-refractivity contribution >= 4 is 34.3 Å². The molecular weight excluding hydrogens is 429 g/mol. The monoisotopic (exact) mass is 448 g/mol. The summed E-state index contributed by atoms with van der Waals surface area (Å²) in [6, 6.07) is 4.63. The number of imide groups is 1. The molecule has 0 aliphatic heterocycles. The molecular formula is C22H19F3N2O5. The smallest absolute Gasteiger partial charge is 0.421 e. The maximum Gasteiger partial charge on any atom is 0.421 e. The van der Waals surface area contributed by atoms with Crippen LogP contribution in [-0.2, 0) is 9.53 Å². The highest BCUT2D eigenvalue weighted by atomic mass is 19.1. The summed E-state index contributed by atoms with van der Waals surface area (Å²) >= 11 is 0. The zero-order valence-electron chi connectivity index (χ0n) is 17.6. The Hall–Kier alpha value is -3.82.